The van der Waals surface area contributed by atoms with Crippen LogP contribution in [0.4, 0.5) is 0 Å². The first-order chi connectivity index (χ1) is 10.8. The molecule has 0 fully saturated rings. The smallest absolute Gasteiger partial charge is 0.168 e. The fourth-order valence-electron chi connectivity index (χ4n) is 2.77. The van der Waals surface area contributed by atoms with Gasteiger partial charge in [0.1, 0.15) is 0 Å². The molecule has 0 radical (unpaired) electrons. The zero-order valence-corrected chi connectivity index (χ0v) is 12.8. The largest absolute Gasteiger partial charge is 0.493 e. The quantitative estimate of drug-likeness (QED) is 0.759. The van der Waals surface area contributed by atoms with Crippen molar-refractivity contribution in [3.8, 4) is 22.6 Å². The minimum atomic E-state index is 0.603. The van der Waals surface area contributed by atoms with Crippen molar-refractivity contribution in [1.82, 2.24) is 4.98 Å². The number of rotatable bonds is 5. The molecule has 1 aromatic heterocycles. The summed E-state index contributed by atoms with van der Waals surface area (Å²) >= 11 is 0. The van der Waals surface area contributed by atoms with Gasteiger partial charge in [-0.2, -0.15) is 0 Å². The molecule has 0 amide bonds. The number of hydrogen-bond acceptors (Lipinski definition) is 3. The van der Waals surface area contributed by atoms with E-state index in [1.165, 1.54) is 5.39 Å². The number of methoxy groups -OCH3 is 2. The molecule has 0 bridgehead atoms. The van der Waals surface area contributed by atoms with E-state index in [-0.39, 0.29) is 0 Å². The summed E-state index contributed by atoms with van der Waals surface area (Å²) in [6.45, 7) is 0.603. The van der Waals surface area contributed by atoms with Gasteiger partial charge < -0.3 is 20.2 Å². The average Bonchev–Trinajstić information content (AvgIpc) is 3.01. The third kappa shape index (κ3) is 2.53. The number of H-pyrrole nitrogens is 1. The van der Waals surface area contributed by atoms with Crippen LogP contribution < -0.4 is 15.2 Å². The minimum Gasteiger partial charge on any atom is -0.493 e. The summed E-state index contributed by atoms with van der Waals surface area (Å²) in [6.07, 6.45) is 2.75. The number of ether oxygens (including phenoxy) is 2. The summed E-state index contributed by atoms with van der Waals surface area (Å²) in [6, 6.07) is 12.5. The van der Waals surface area contributed by atoms with E-state index in [2.05, 4.69) is 35.3 Å². The van der Waals surface area contributed by atoms with E-state index in [1.54, 1.807) is 14.2 Å². The van der Waals surface area contributed by atoms with Crippen LogP contribution in [-0.4, -0.2) is 25.7 Å². The molecule has 0 aliphatic carbocycles. The fraction of sp³-hybridized carbons (Fsp3) is 0.222. The molecular formula is C18H20N2O2. The predicted octanol–water partition coefficient (Wildman–Crippen LogP) is 3.35. The Labute approximate surface area is 129 Å². The van der Waals surface area contributed by atoms with Gasteiger partial charge in [-0.25, -0.2) is 0 Å². The Hall–Kier alpha value is -2.46. The summed E-state index contributed by atoms with van der Waals surface area (Å²) < 4.78 is 11.1. The van der Waals surface area contributed by atoms with Gasteiger partial charge in [-0.05, 0) is 59.8 Å². The maximum atomic E-state index is 5.70. The Kier molecular flexibility index (Phi) is 4.02. The van der Waals surface area contributed by atoms with Crippen LogP contribution in [0.15, 0.2) is 42.6 Å². The van der Waals surface area contributed by atoms with Crippen LogP contribution in [0.2, 0.25) is 0 Å². The lowest BCUT2D eigenvalue weighted by molar-refractivity contribution is 0.355. The highest BCUT2D eigenvalue weighted by atomic mass is 16.5. The Morgan fingerprint density at radius 1 is 1.05 bits per heavy atom. The molecule has 4 nitrogen and oxygen atoms in total. The molecule has 1 heterocycles. The van der Waals surface area contributed by atoms with E-state index in [9.17, 15) is 0 Å². The van der Waals surface area contributed by atoms with E-state index in [0.717, 1.165) is 40.1 Å². The second-order valence-electron chi connectivity index (χ2n) is 5.20. The van der Waals surface area contributed by atoms with Crippen LogP contribution in [0.3, 0.4) is 0 Å². The number of benzene rings is 2. The first-order valence-corrected chi connectivity index (χ1v) is 7.29. The molecule has 114 valence electrons. The number of nitrogens with one attached hydrogen (secondary N) is 1. The van der Waals surface area contributed by atoms with Crippen LogP contribution in [0, 0.1) is 0 Å². The topological polar surface area (TPSA) is 60.3 Å². The molecule has 0 aliphatic heterocycles. The number of hydrogen-bond donors (Lipinski definition) is 2. The van der Waals surface area contributed by atoms with Gasteiger partial charge in [-0.1, -0.05) is 6.07 Å². The molecule has 0 spiro atoms. The van der Waals surface area contributed by atoms with Crippen molar-refractivity contribution < 1.29 is 9.47 Å². The van der Waals surface area contributed by atoms with Crippen molar-refractivity contribution in [3.05, 3.63) is 48.2 Å². The molecule has 3 N–H and O–H groups in total. The highest BCUT2D eigenvalue weighted by Gasteiger charge is 2.14. The average molecular weight is 296 g/mol. The zero-order chi connectivity index (χ0) is 15.5. The van der Waals surface area contributed by atoms with Gasteiger partial charge in [0.05, 0.1) is 14.2 Å². The van der Waals surface area contributed by atoms with Gasteiger partial charge in [-0.3, -0.25) is 0 Å². The molecule has 0 saturated carbocycles. The maximum Gasteiger partial charge on any atom is 0.168 e. The summed E-state index contributed by atoms with van der Waals surface area (Å²) in [5.41, 5.74) is 10.1. The second kappa shape index (κ2) is 6.12. The number of aromatic amines is 1. The van der Waals surface area contributed by atoms with Crippen LogP contribution in [0.5, 0.6) is 11.5 Å². The van der Waals surface area contributed by atoms with Gasteiger partial charge in [0.2, 0.25) is 0 Å². The summed E-state index contributed by atoms with van der Waals surface area (Å²) in [4.78, 5) is 3.21. The summed E-state index contributed by atoms with van der Waals surface area (Å²) in [5.74, 6) is 1.48. The van der Waals surface area contributed by atoms with Crippen molar-refractivity contribution in [2.45, 2.75) is 6.42 Å². The number of fused-ring (bicyclic) bond motifs is 1. The van der Waals surface area contributed by atoms with Crippen molar-refractivity contribution in [2.75, 3.05) is 20.8 Å². The second-order valence-corrected chi connectivity index (χ2v) is 5.20. The first kappa shape index (κ1) is 14.5. The predicted molar refractivity (Wildman–Crippen MR) is 89.6 cm³/mol. The van der Waals surface area contributed by atoms with Crippen LogP contribution in [0.25, 0.3) is 22.0 Å². The normalized spacial score (nSPS) is 10.9. The van der Waals surface area contributed by atoms with Crippen LogP contribution in [-0.2, 0) is 6.42 Å². The van der Waals surface area contributed by atoms with E-state index >= 15 is 0 Å². The lowest BCUT2D eigenvalue weighted by Crippen LogP contribution is -2.04. The monoisotopic (exact) mass is 296 g/mol. The van der Waals surface area contributed by atoms with E-state index in [4.69, 9.17) is 15.2 Å². The van der Waals surface area contributed by atoms with Gasteiger partial charge in [-0.15, -0.1) is 0 Å². The van der Waals surface area contributed by atoms with Gasteiger partial charge >= 0.3 is 0 Å². The van der Waals surface area contributed by atoms with Crippen molar-refractivity contribution in [2.24, 2.45) is 5.73 Å². The Balaban J connectivity index is 2.19. The molecule has 0 aliphatic rings. The third-order valence-electron chi connectivity index (χ3n) is 3.84. The molecule has 3 aromatic rings. The number of nitrogens with two attached hydrogens (primary N) is 1. The van der Waals surface area contributed by atoms with Gasteiger partial charge in [0.25, 0.3) is 0 Å². The van der Waals surface area contributed by atoms with E-state index in [1.807, 2.05) is 12.3 Å². The molecule has 0 saturated heterocycles. The molecule has 0 unspecified atom stereocenters. The maximum absolute atomic E-state index is 5.70. The minimum absolute atomic E-state index is 0.603. The molecule has 4 heteroatoms. The van der Waals surface area contributed by atoms with E-state index < -0.39 is 0 Å². The van der Waals surface area contributed by atoms with E-state index in [0.29, 0.717) is 6.54 Å². The number of aromatic nitrogens is 1. The molecule has 0 atom stereocenters. The summed E-state index contributed by atoms with van der Waals surface area (Å²) in [7, 11) is 3.32. The lowest BCUT2D eigenvalue weighted by Gasteiger charge is -2.15. The summed E-state index contributed by atoms with van der Waals surface area (Å²) in [5, 5.41) is 1.17. The highest BCUT2D eigenvalue weighted by molar-refractivity contribution is 5.87. The van der Waals surface area contributed by atoms with Gasteiger partial charge in [0, 0.05) is 17.3 Å². The van der Waals surface area contributed by atoms with Crippen molar-refractivity contribution in [1.29, 1.82) is 0 Å². The molecular weight excluding hydrogens is 276 g/mol. The molecule has 3 rings (SSSR count). The highest BCUT2D eigenvalue weighted by Crippen LogP contribution is 2.40. The van der Waals surface area contributed by atoms with Gasteiger partial charge in [0.15, 0.2) is 11.5 Å². The van der Waals surface area contributed by atoms with Crippen molar-refractivity contribution >= 4 is 10.9 Å². The van der Waals surface area contributed by atoms with Crippen molar-refractivity contribution in [3.63, 3.8) is 0 Å². The Morgan fingerprint density at radius 2 is 1.91 bits per heavy atom. The molecule has 2 aromatic carbocycles. The zero-order valence-electron chi connectivity index (χ0n) is 12.8. The van der Waals surface area contributed by atoms with Crippen LogP contribution >= 0.6 is 0 Å². The Bertz CT molecular complexity index is 793. The molecule has 22 heavy (non-hydrogen) atoms. The SMILES string of the molecule is COc1cc(CCN)cc(-c2ccc3[nH]ccc3c2)c1OC. The lowest BCUT2D eigenvalue weighted by atomic mass is 9.98. The Morgan fingerprint density at radius 3 is 2.64 bits per heavy atom. The first-order valence-electron chi connectivity index (χ1n) is 7.29. The standard InChI is InChI=1S/C18H20N2O2/c1-21-17-10-12(5-7-19)9-15(18(17)22-2)13-3-4-16-14(11-13)6-8-20-16/h3-4,6,8-11,20H,5,7,19H2,1-2H3. The fourth-order valence-corrected chi connectivity index (χ4v) is 2.77. The third-order valence-corrected chi connectivity index (χ3v) is 3.84. The van der Waals surface area contributed by atoms with Crippen LogP contribution in [0.1, 0.15) is 5.56 Å².